The van der Waals surface area contributed by atoms with Crippen molar-refractivity contribution in [3.8, 4) is 50.6 Å². The van der Waals surface area contributed by atoms with Crippen LogP contribution in [-0.4, -0.2) is 14.5 Å². The second kappa shape index (κ2) is 11.2. The van der Waals surface area contributed by atoms with Gasteiger partial charge in [-0.3, -0.25) is 0 Å². The molecule has 3 nitrogen and oxygen atoms in total. The minimum Gasteiger partial charge on any atom is -0.309 e. The SMILES string of the molecule is c1ccc(-c2ccc3c4cc(-c5ccc6nc(-c7ccccc7)nc(-c7ccccc7)c6c5)ccc4n(-c4ccccc4)c3c2)cc1. The van der Waals surface area contributed by atoms with E-state index in [9.17, 15) is 0 Å². The zero-order chi connectivity index (χ0) is 31.2. The van der Waals surface area contributed by atoms with Crippen LogP contribution < -0.4 is 0 Å². The molecule has 0 spiro atoms. The van der Waals surface area contributed by atoms with Crippen molar-refractivity contribution in [3.05, 3.63) is 176 Å². The third-order valence-electron chi connectivity index (χ3n) is 9.00. The summed E-state index contributed by atoms with van der Waals surface area (Å²) in [5.41, 5.74) is 12.2. The van der Waals surface area contributed by atoms with Gasteiger partial charge in [0.15, 0.2) is 5.82 Å². The molecule has 3 heteroatoms. The molecule has 0 saturated heterocycles. The van der Waals surface area contributed by atoms with Crippen LogP contribution in [0.1, 0.15) is 0 Å². The van der Waals surface area contributed by atoms with Crippen molar-refractivity contribution >= 4 is 32.7 Å². The summed E-state index contributed by atoms with van der Waals surface area (Å²) in [4.78, 5) is 10.1. The number of hydrogen-bond donors (Lipinski definition) is 0. The predicted molar refractivity (Wildman–Crippen MR) is 196 cm³/mol. The lowest BCUT2D eigenvalue weighted by Gasteiger charge is -2.12. The fourth-order valence-electron chi connectivity index (χ4n) is 6.71. The highest BCUT2D eigenvalue weighted by molar-refractivity contribution is 6.11. The third kappa shape index (κ3) is 4.77. The smallest absolute Gasteiger partial charge is 0.160 e. The van der Waals surface area contributed by atoms with E-state index in [1.165, 1.54) is 32.9 Å². The van der Waals surface area contributed by atoms with Crippen molar-refractivity contribution in [2.75, 3.05) is 0 Å². The molecule has 0 saturated carbocycles. The van der Waals surface area contributed by atoms with Crippen LogP contribution in [0.15, 0.2) is 176 Å². The number of hydrogen-bond acceptors (Lipinski definition) is 2. The Bertz CT molecular complexity index is 2540. The summed E-state index contributed by atoms with van der Waals surface area (Å²) in [7, 11) is 0. The molecule has 7 aromatic carbocycles. The average molecular weight is 600 g/mol. The fraction of sp³-hybridized carbons (Fsp3) is 0. The Balaban J connectivity index is 1.24. The van der Waals surface area contributed by atoms with Crippen LogP contribution in [-0.2, 0) is 0 Å². The Morgan fingerprint density at radius 3 is 1.60 bits per heavy atom. The van der Waals surface area contributed by atoms with Gasteiger partial charge in [0, 0.05) is 33.0 Å². The highest BCUT2D eigenvalue weighted by Crippen LogP contribution is 2.38. The van der Waals surface area contributed by atoms with Gasteiger partial charge in [0.1, 0.15) is 0 Å². The van der Waals surface area contributed by atoms with Gasteiger partial charge in [-0.1, -0.05) is 133 Å². The van der Waals surface area contributed by atoms with Gasteiger partial charge in [-0.15, -0.1) is 0 Å². The van der Waals surface area contributed by atoms with E-state index >= 15 is 0 Å². The standard InChI is InChI=1S/C44H29N3/c1-5-13-30(14-6-1)35-21-24-37-38-27-34(23-26-41(38)47(42(37)29-35)36-19-11-4-12-20-36)33-22-25-40-39(28-33)43(31-15-7-2-8-16-31)46-44(45-40)32-17-9-3-10-18-32/h1-29H. The topological polar surface area (TPSA) is 30.7 Å². The van der Waals surface area contributed by atoms with Crippen LogP contribution in [0.2, 0.25) is 0 Å². The normalized spacial score (nSPS) is 11.4. The van der Waals surface area contributed by atoms with Crippen molar-refractivity contribution in [2.24, 2.45) is 0 Å². The summed E-state index contributed by atoms with van der Waals surface area (Å²) in [5, 5.41) is 3.49. The summed E-state index contributed by atoms with van der Waals surface area (Å²) < 4.78 is 2.38. The first-order chi connectivity index (χ1) is 23.3. The molecule has 0 N–H and O–H groups in total. The first-order valence-corrected chi connectivity index (χ1v) is 15.9. The predicted octanol–water partition coefficient (Wildman–Crippen LogP) is 11.4. The average Bonchev–Trinajstić information content (AvgIpc) is 3.48. The van der Waals surface area contributed by atoms with E-state index in [2.05, 4.69) is 156 Å². The highest BCUT2D eigenvalue weighted by atomic mass is 15.0. The number of aromatic nitrogens is 3. The van der Waals surface area contributed by atoms with E-state index < -0.39 is 0 Å². The van der Waals surface area contributed by atoms with Crippen LogP contribution >= 0.6 is 0 Å². The summed E-state index contributed by atoms with van der Waals surface area (Å²) >= 11 is 0. The van der Waals surface area contributed by atoms with Crippen molar-refractivity contribution in [3.63, 3.8) is 0 Å². The number of rotatable bonds is 5. The van der Waals surface area contributed by atoms with Gasteiger partial charge in [0.2, 0.25) is 0 Å². The molecule has 0 atom stereocenters. The first kappa shape index (κ1) is 27.0. The summed E-state index contributed by atoms with van der Waals surface area (Å²) in [5.74, 6) is 0.731. The van der Waals surface area contributed by atoms with Gasteiger partial charge in [0.25, 0.3) is 0 Å². The molecule has 9 aromatic rings. The van der Waals surface area contributed by atoms with Crippen LogP contribution in [0, 0.1) is 0 Å². The molecule has 47 heavy (non-hydrogen) atoms. The van der Waals surface area contributed by atoms with Gasteiger partial charge >= 0.3 is 0 Å². The van der Waals surface area contributed by atoms with Crippen molar-refractivity contribution in [1.29, 1.82) is 0 Å². The molecular weight excluding hydrogens is 571 g/mol. The van der Waals surface area contributed by atoms with Gasteiger partial charge in [-0.05, 0) is 64.7 Å². The van der Waals surface area contributed by atoms with Crippen molar-refractivity contribution in [2.45, 2.75) is 0 Å². The van der Waals surface area contributed by atoms with Crippen LogP contribution in [0.5, 0.6) is 0 Å². The van der Waals surface area contributed by atoms with Gasteiger partial charge in [-0.2, -0.15) is 0 Å². The molecule has 0 aliphatic rings. The first-order valence-electron chi connectivity index (χ1n) is 15.9. The summed E-state index contributed by atoms with van der Waals surface area (Å²) in [6, 6.07) is 62.1. The lowest BCUT2D eigenvalue weighted by Crippen LogP contribution is -1.95. The molecule has 9 rings (SSSR count). The number of para-hydroxylation sites is 1. The lowest BCUT2D eigenvalue weighted by atomic mass is 9.98. The second-order valence-electron chi connectivity index (χ2n) is 11.9. The zero-order valence-corrected chi connectivity index (χ0v) is 25.6. The van der Waals surface area contributed by atoms with E-state index in [4.69, 9.17) is 9.97 Å². The molecule has 0 fully saturated rings. The Kier molecular flexibility index (Phi) is 6.46. The summed E-state index contributed by atoms with van der Waals surface area (Å²) in [6.45, 7) is 0. The van der Waals surface area contributed by atoms with Crippen molar-refractivity contribution in [1.82, 2.24) is 14.5 Å². The largest absolute Gasteiger partial charge is 0.309 e. The molecule has 0 radical (unpaired) electrons. The Morgan fingerprint density at radius 1 is 0.340 bits per heavy atom. The Morgan fingerprint density at radius 2 is 0.894 bits per heavy atom. The minimum absolute atomic E-state index is 0.731. The van der Waals surface area contributed by atoms with Crippen LogP contribution in [0.4, 0.5) is 0 Å². The summed E-state index contributed by atoms with van der Waals surface area (Å²) in [6.07, 6.45) is 0. The molecule has 0 amide bonds. The number of benzene rings is 7. The molecule has 0 aliphatic heterocycles. The number of nitrogens with zero attached hydrogens (tertiary/aromatic N) is 3. The molecule has 0 bridgehead atoms. The molecule has 0 aliphatic carbocycles. The maximum absolute atomic E-state index is 5.12. The van der Waals surface area contributed by atoms with E-state index in [0.717, 1.165) is 50.4 Å². The van der Waals surface area contributed by atoms with Gasteiger partial charge in [-0.25, -0.2) is 9.97 Å². The van der Waals surface area contributed by atoms with Crippen LogP contribution in [0.3, 0.4) is 0 Å². The van der Waals surface area contributed by atoms with Crippen molar-refractivity contribution < 1.29 is 0 Å². The molecule has 0 unspecified atom stereocenters. The molecule has 2 aromatic heterocycles. The van der Waals surface area contributed by atoms with E-state index in [-0.39, 0.29) is 0 Å². The number of fused-ring (bicyclic) bond motifs is 4. The minimum atomic E-state index is 0.731. The van der Waals surface area contributed by atoms with Crippen LogP contribution in [0.25, 0.3) is 83.3 Å². The highest BCUT2D eigenvalue weighted by Gasteiger charge is 2.16. The maximum Gasteiger partial charge on any atom is 0.160 e. The van der Waals surface area contributed by atoms with E-state index in [1.807, 2.05) is 24.3 Å². The lowest BCUT2D eigenvalue weighted by molar-refractivity contribution is 1.18. The third-order valence-corrected chi connectivity index (χ3v) is 9.00. The Labute approximate surface area is 273 Å². The molecule has 2 heterocycles. The second-order valence-corrected chi connectivity index (χ2v) is 11.9. The monoisotopic (exact) mass is 599 g/mol. The Hall–Kier alpha value is -6.32. The zero-order valence-electron chi connectivity index (χ0n) is 25.6. The fourth-order valence-corrected chi connectivity index (χ4v) is 6.71. The van der Waals surface area contributed by atoms with E-state index in [1.54, 1.807) is 0 Å². The van der Waals surface area contributed by atoms with Gasteiger partial charge < -0.3 is 4.57 Å². The van der Waals surface area contributed by atoms with Gasteiger partial charge in [0.05, 0.1) is 22.2 Å². The maximum atomic E-state index is 5.12. The molecule has 220 valence electrons. The van der Waals surface area contributed by atoms with E-state index in [0.29, 0.717) is 0 Å². The molecular formula is C44H29N3. The quantitative estimate of drug-likeness (QED) is 0.197.